The Morgan fingerprint density at radius 3 is 2.89 bits per heavy atom. The molecule has 4 heteroatoms. The number of hydrogen-bond acceptors (Lipinski definition) is 2. The molecule has 2 aromatic rings. The Kier molecular flexibility index (Phi) is 4.80. The van der Waals surface area contributed by atoms with Crippen molar-refractivity contribution < 1.29 is 4.79 Å². The van der Waals surface area contributed by atoms with E-state index in [1.165, 1.54) is 10.4 Å². The van der Waals surface area contributed by atoms with Gasteiger partial charge in [-0.25, -0.2) is 0 Å². The zero-order valence-corrected chi connectivity index (χ0v) is 12.3. The first-order valence-electron chi connectivity index (χ1n) is 6.76. The van der Waals surface area contributed by atoms with E-state index < -0.39 is 0 Å². The molecule has 1 amide bonds. The third-order valence-electron chi connectivity index (χ3n) is 3.09. The summed E-state index contributed by atoms with van der Waals surface area (Å²) in [5, 5.41) is 2.96. The SMILES string of the molecule is CCCc1sc(C(=O)NCc2cc[nH]c2)cc1CC. The van der Waals surface area contributed by atoms with Gasteiger partial charge in [0.1, 0.15) is 0 Å². The molecule has 0 spiro atoms. The molecule has 0 atom stereocenters. The molecule has 0 aliphatic carbocycles. The standard InChI is InChI=1S/C15H20N2OS/c1-3-5-13-12(4-2)8-14(19-13)15(18)17-10-11-6-7-16-9-11/h6-9,16H,3-5,10H2,1-2H3,(H,17,18). The van der Waals surface area contributed by atoms with E-state index in [9.17, 15) is 4.79 Å². The number of amides is 1. The molecule has 2 rings (SSSR count). The molecule has 19 heavy (non-hydrogen) atoms. The molecule has 2 aromatic heterocycles. The number of hydrogen-bond donors (Lipinski definition) is 2. The fourth-order valence-corrected chi connectivity index (χ4v) is 3.33. The van der Waals surface area contributed by atoms with Gasteiger partial charge in [-0.15, -0.1) is 11.3 Å². The predicted molar refractivity (Wildman–Crippen MR) is 79.7 cm³/mol. The first kappa shape index (κ1) is 13.9. The summed E-state index contributed by atoms with van der Waals surface area (Å²) >= 11 is 1.63. The molecule has 0 aromatic carbocycles. The van der Waals surface area contributed by atoms with E-state index in [0.29, 0.717) is 6.54 Å². The Bertz CT molecular complexity index is 528. The number of carbonyl (C=O) groups is 1. The van der Waals surface area contributed by atoms with Crippen LogP contribution < -0.4 is 5.32 Å². The van der Waals surface area contributed by atoms with E-state index >= 15 is 0 Å². The molecule has 0 unspecified atom stereocenters. The zero-order valence-electron chi connectivity index (χ0n) is 11.5. The summed E-state index contributed by atoms with van der Waals surface area (Å²) < 4.78 is 0. The first-order valence-corrected chi connectivity index (χ1v) is 7.57. The van der Waals surface area contributed by atoms with Crippen LogP contribution in [0.5, 0.6) is 0 Å². The van der Waals surface area contributed by atoms with Crippen LogP contribution >= 0.6 is 11.3 Å². The van der Waals surface area contributed by atoms with Gasteiger partial charge in [-0.05, 0) is 36.1 Å². The second-order valence-corrected chi connectivity index (χ2v) is 5.70. The Labute approximate surface area is 118 Å². The second kappa shape index (κ2) is 6.57. The lowest BCUT2D eigenvalue weighted by Crippen LogP contribution is -2.21. The minimum absolute atomic E-state index is 0.0308. The van der Waals surface area contributed by atoms with Crippen LogP contribution in [0.15, 0.2) is 24.5 Å². The van der Waals surface area contributed by atoms with Crippen LogP contribution in [0.4, 0.5) is 0 Å². The van der Waals surface area contributed by atoms with Gasteiger partial charge in [0.05, 0.1) is 4.88 Å². The van der Waals surface area contributed by atoms with Gasteiger partial charge in [0.15, 0.2) is 0 Å². The number of H-pyrrole nitrogens is 1. The van der Waals surface area contributed by atoms with E-state index in [0.717, 1.165) is 29.7 Å². The average molecular weight is 276 g/mol. The molecule has 0 fully saturated rings. The van der Waals surface area contributed by atoms with E-state index in [-0.39, 0.29) is 5.91 Å². The zero-order chi connectivity index (χ0) is 13.7. The van der Waals surface area contributed by atoms with Gasteiger partial charge in [0.25, 0.3) is 5.91 Å². The highest BCUT2D eigenvalue weighted by molar-refractivity contribution is 7.14. The summed E-state index contributed by atoms with van der Waals surface area (Å²) in [6, 6.07) is 4.01. The Morgan fingerprint density at radius 2 is 2.26 bits per heavy atom. The van der Waals surface area contributed by atoms with Gasteiger partial charge in [-0.3, -0.25) is 4.79 Å². The molecule has 0 saturated heterocycles. The molecule has 0 bridgehead atoms. The highest BCUT2D eigenvalue weighted by atomic mass is 32.1. The largest absolute Gasteiger partial charge is 0.367 e. The quantitative estimate of drug-likeness (QED) is 0.833. The molecule has 102 valence electrons. The number of aryl methyl sites for hydroxylation is 2. The van der Waals surface area contributed by atoms with Crippen LogP contribution in [0.2, 0.25) is 0 Å². The van der Waals surface area contributed by atoms with Crippen LogP contribution in [0.1, 0.15) is 45.9 Å². The summed E-state index contributed by atoms with van der Waals surface area (Å²) in [4.78, 5) is 17.3. The first-order chi connectivity index (χ1) is 9.24. The molecular formula is C15H20N2OS. The number of aromatic amines is 1. The van der Waals surface area contributed by atoms with Crippen LogP contribution in [0, 0.1) is 0 Å². The summed E-state index contributed by atoms with van der Waals surface area (Å²) in [5.41, 5.74) is 2.41. The van der Waals surface area contributed by atoms with Crippen molar-refractivity contribution in [2.75, 3.05) is 0 Å². The van der Waals surface area contributed by atoms with Gasteiger partial charge >= 0.3 is 0 Å². The van der Waals surface area contributed by atoms with E-state index in [1.54, 1.807) is 11.3 Å². The van der Waals surface area contributed by atoms with E-state index in [2.05, 4.69) is 24.1 Å². The monoisotopic (exact) mass is 276 g/mol. The topological polar surface area (TPSA) is 44.9 Å². The third-order valence-corrected chi connectivity index (χ3v) is 4.33. The average Bonchev–Trinajstić information content (AvgIpc) is 3.05. The third kappa shape index (κ3) is 3.47. The van der Waals surface area contributed by atoms with Crippen molar-refractivity contribution in [3.63, 3.8) is 0 Å². The van der Waals surface area contributed by atoms with Crippen LogP contribution in [0.25, 0.3) is 0 Å². The Morgan fingerprint density at radius 1 is 1.42 bits per heavy atom. The molecule has 0 aliphatic heterocycles. The lowest BCUT2D eigenvalue weighted by Gasteiger charge is -2.00. The number of thiophene rings is 1. The summed E-state index contributed by atoms with van der Waals surface area (Å²) in [7, 11) is 0. The van der Waals surface area contributed by atoms with E-state index in [4.69, 9.17) is 0 Å². The van der Waals surface area contributed by atoms with Crippen molar-refractivity contribution in [1.29, 1.82) is 0 Å². The second-order valence-electron chi connectivity index (χ2n) is 4.56. The van der Waals surface area contributed by atoms with Crippen LogP contribution in [-0.4, -0.2) is 10.9 Å². The maximum atomic E-state index is 12.1. The van der Waals surface area contributed by atoms with Crippen LogP contribution in [0.3, 0.4) is 0 Å². The van der Waals surface area contributed by atoms with Gasteiger partial charge in [0.2, 0.25) is 0 Å². The number of aromatic nitrogens is 1. The molecule has 0 saturated carbocycles. The van der Waals surface area contributed by atoms with Crippen molar-refractivity contribution in [3.05, 3.63) is 45.4 Å². The van der Waals surface area contributed by atoms with Gasteiger partial charge in [-0.2, -0.15) is 0 Å². The smallest absolute Gasteiger partial charge is 0.261 e. The van der Waals surface area contributed by atoms with Gasteiger partial charge in [0, 0.05) is 23.8 Å². The lowest BCUT2D eigenvalue weighted by molar-refractivity contribution is 0.0955. The van der Waals surface area contributed by atoms with Crippen molar-refractivity contribution in [2.24, 2.45) is 0 Å². The molecule has 2 N–H and O–H groups in total. The number of nitrogens with one attached hydrogen (secondary N) is 2. The molecular weight excluding hydrogens is 256 g/mol. The van der Waals surface area contributed by atoms with E-state index in [1.807, 2.05) is 24.5 Å². The lowest BCUT2D eigenvalue weighted by atomic mass is 10.1. The Balaban J connectivity index is 2.02. The minimum Gasteiger partial charge on any atom is -0.367 e. The van der Waals surface area contributed by atoms with Gasteiger partial charge < -0.3 is 10.3 Å². The number of carbonyl (C=O) groups excluding carboxylic acids is 1. The Hall–Kier alpha value is -1.55. The highest BCUT2D eigenvalue weighted by Gasteiger charge is 2.13. The summed E-state index contributed by atoms with van der Waals surface area (Å²) in [6.07, 6.45) is 6.95. The predicted octanol–water partition coefficient (Wildman–Crippen LogP) is 3.52. The summed E-state index contributed by atoms with van der Waals surface area (Å²) in [5.74, 6) is 0.0308. The molecule has 0 radical (unpaired) electrons. The fourth-order valence-electron chi connectivity index (χ4n) is 2.05. The number of rotatable bonds is 6. The molecule has 3 nitrogen and oxygen atoms in total. The normalized spacial score (nSPS) is 10.6. The molecule has 2 heterocycles. The maximum absolute atomic E-state index is 12.1. The van der Waals surface area contributed by atoms with Crippen molar-refractivity contribution in [3.8, 4) is 0 Å². The van der Waals surface area contributed by atoms with Crippen molar-refractivity contribution in [1.82, 2.24) is 10.3 Å². The fraction of sp³-hybridized carbons (Fsp3) is 0.400. The van der Waals surface area contributed by atoms with Gasteiger partial charge in [-0.1, -0.05) is 20.3 Å². The highest BCUT2D eigenvalue weighted by Crippen LogP contribution is 2.24. The van der Waals surface area contributed by atoms with Crippen molar-refractivity contribution >= 4 is 17.2 Å². The maximum Gasteiger partial charge on any atom is 0.261 e. The van der Waals surface area contributed by atoms with Crippen molar-refractivity contribution in [2.45, 2.75) is 39.7 Å². The molecule has 0 aliphatic rings. The minimum atomic E-state index is 0.0308. The van der Waals surface area contributed by atoms with Crippen LogP contribution in [-0.2, 0) is 19.4 Å². The summed E-state index contributed by atoms with van der Waals surface area (Å²) in [6.45, 7) is 4.89.